The van der Waals surface area contributed by atoms with Gasteiger partial charge < -0.3 is 4.90 Å². The third kappa shape index (κ3) is 4.62. The molecule has 0 bridgehead atoms. The molecule has 0 aliphatic heterocycles. The van der Waals surface area contributed by atoms with Gasteiger partial charge in [-0.05, 0) is 32.1 Å². The molecule has 0 atom stereocenters. The van der Waals surface area contributed by atoms with Crippen molar-refractivity contribution in [1.29, 1.82) is 0 Å². The van der Waals surface area contributed by atoms with Gasteiger partial charge >= 0.3 is 0 Å². The van der Waals surface area contributed by atoms with Crippen LogP contribution in [-0.4, -0.2) is 18.5 Å². The molecule has 0 aliphatic carbocycles. The van der Waals surface area contributed by atoms with Crippen LogP contribution >= 0.6 is 15.9 Å². The highest BCUT2D eigenvalue weighted by atomic mass is 79.9. The minimum Gasteiger partial charge on any atom is -0.302 e. The summed E-state index contributed by atoms with van der Waals surface area (Å²) < 4.78 is 14.3. The quantitative estimate of drug-likeness (QED) is 0.709. The summed E-state index contributed by atoms with van der Waals surface area (Å²) in [4.78, 5) is 2.17. The molecule has 0 aliphatic rings. The van der Waals surface area contributed by atoms with Crippen LogP contribution in [0.2, 0.25) is 0 Å². The van der Waals surface area contributed by atoms with Crippen LogP contribution in [0.15, 0.2) is 22.7 Å². The molecule has 90 valence electrons. The zero-order valence-corrected chi connectivity index (χ0v) is 11.6. The van der Waals surface area contributed by atoms with Crippen LogP contribution in [0.4, 0.5) is 4.39 Å². The number of unbranched alkanes of at least 4 members (excludes halogenated alkanes) is 2. The van der Waals surface area contributed by atoms with E-state index in [1.54, 1.807) is 0 Å². The number of hydrogen-bond acceptors (Lipinski definition) is 1. The van der Waals surface area contributed by atoms with Crippen LogP contribution < -0.4 is 0 Å². The van der Waals surface area contributed by atoms with E-state index in [0.29, 0.717) is 6.54 Å². The zero-order chi connectivity index (χ0) is 12.0. The fraction of sp³-hybridized carbons (Fsp3) is 0.538. The molecule has 1 nitrogen and oxygen atoms in total. The molecule has 1 rings (SSSR count). The van der Waals surface area contributed by atoms with Gasteiger partial charge in [0, 0.05) is 16.6 Å². The normalized spacial score (nSPS) is 11.1. The molecule has 16 heavy (non-hydrogen) atoms. The molecule has 0 saturated carbocycles. The second kappa shape index (κ2) is 7.02. The number of hydrogen-bond donors (Lipinski definition) is 0. The largest absolute Gasteiger partial charge is 0.302 e. The van der Waals surface area contributed by atoms with E-state index in [0.717, 1.165) is 16.6 Å². The maximum atomic E-state index is 13.5. The standard InChI is InChI=1S/C13H19BrFN/c1-3-4-5-8-16(2)10-11-6-7-12(14)9-13(11)15/h6-7,9H,3-5,8,10H2,1-2H3. The molecular formula is C13H19BrFN. The maximum Gasteiger partial charge on any atom is 0.128 e. The maximum absolute atomic E-state index is 13.5. The van der Waals surface area contributed by atoms with E-state index in [1.807, 2.05) is 19.2 Å². The minimum atomic E-state index is -0.128. The van der Waals surface area contributed by atoms with Crippen LogP contribution in [0, 0.1) is 5.82 Å². The Labute approximate surface area is 106 Å². The van der Waals surface area contributed by atoms with Gasteiger partial charge in [0.2, 0.25) is 0 Å². The Morgan fingerprint density at radius 2 is 2.06 bits per heavy atom. The molecule has 0 heterocycles. The van der Waals surface area contributed by atoms with E-state index in [1.165, 1.54) is 25.3 Å². The molecule has 1 aromatic rings. The van der Waals surface area contributed by atoms with E-state index in [9.17, 15) is 4.39 Å². The van der Waals surface area contributed by atoms with Crippen molar-refractivity contribution < 1.29 is 4.39 Å². The molecule has 0 N–H and O–H groups in total. The highest BCUT2D eigenvalue weighted by Gasteiger charge is 2.05. The van der Waals surface area contributed by atoms with Crippen molar-refractivity contribution in [3.8, 4) is 0 Å². The first kappa shape index (κ1) is 13.7. The first-order chi connectivity index (χ1) is 7.63. The summed E-state index contributed by atoms with van der Waals surface area (Å²) >= 11 is 3.26. The predicted octanol–water partition coefficient (Wildman–Crippen LogP) is 4.21. The fourth-order valence-corrected chi connectivity index (χ4v) is 1.98. The summed E-state index contributed by atoms with van der Waals surface area (Å²) in [5, 5.41) is 0. The lowest BCUT2D eigenvalue weighted by molar-refractivity contribution is 0.313. The Morgan fingerprint density at radius 3 is 2.69 bits per heavy atom. The molecule has 0 saturated heterocycles. The van der Waals surface area contributed by atoms with E-state index >= 15 is 0 Å². The molecule has 0 fully saturated rings. The lowest BCUT2D eigenvalue weighted by Crippen LogP contribution is -2.19. The van der Waals surface area contributed by atoms with Crippen LogP contribution in [0.1, 0.15) is 31.7 Å². The van der Waals surface area contributed by atoms with Crippen molar-refractivity contribution in [2.45, 2.75) is 32.7 Å². The topological polar surface area (TPSA) is 3.24 Å². The Bertz CT molecular complexity index is 328. The number of nitrogens with zero attached hydrogens (tertiary/aromatic N) is 1. The summed E-state index contributed by atoms with van der Waals surface area (Å²) in [6.45, 7) is 3.90. The molecule has 1 aromatic carbocycles. The Morgan fingerprint density at radius 1 is 1.31 bits per heavy atom. The summed E-state index contributed by atoms with van der Waals surface area (Å²) in [6.07, 6.45) is 3.65. The third-order valence-electron chi connectivity index (χ3n) is 2.60. The number of halogens is 2. The molecule has 0 radical (unpaired) electrons. The molecule has 0 spiro atoms. The van der Waals surface area contributed by atoms with Gasteiger partial charge in [-0.25, -0.2) is 4.39 Å². The van der Waals surface area contributed by atoms with Crippen molar-refractivity contribution in [2.75, 3.05) is 13.6 Å². The molecule has 3 heteroatoms. The van der Waals surface area contributed by atoms with Crippen LogP contribution in [0.25, 0.3) is 0 Å². The summed E-state index contributed by atoms with van der Waals surface area (Å²) in [6, 6.07) is 5.25. The lowest BCUT2D eigenvalue weighted by atomic mass is 10.2. The number of rotatable bonds is 6. The minimum absolute atomic E-state index is 0.128. The van der Waals surface area contributed by atoms with E-state index in [4.69, 9.17) is 0 Å². The van der Waals surface area contributed by atoms with Crippen LogP contribution in [0.3, 0.4) is 0 Å². The van der Waals surface area contributed by atoms with Gasteiger partial charge in [-0.2, -0.15) is 0 Å². The first-order valence-corrected chi connectivity index (χ1v) is 6.55. The summed E-state index contributed by atoms with van der Waals surface area (Å²) in [5.74, 6) is -0.128. The van der Waals surface area contributed by atoms with Gasteiger partial charge in [-0.15, -0.1) is 0 Å². The van der Waals surface area contributed by atoms with E-state index in [2.05, 4.69) is 27.8 Å². The van der Waals surface area contributed by atoms with Crippen LogP contribution in [0.5, 0.6) is 0 Å². The summed E-state index contributed by atoms with van der Waals surface area (Å²) in [5.41, 5.74) is 0.766. The Hall–Kier alpha value is -0.410. The Balaban J connectivity index is 2.46. The van der Waals surface area contributed by atoms with E-state index < -0.39 is 0 Å². The second-order valence-electron chi connectivity index (χ2n) is 4.18. The highest BCUT2D eigenvalue weighted by molar-refractivity contribution is 9.10. The van der Waals surface area contributed by atoms with Crippen molar-refractivity contribution >= 4 is 15.9 Å². The average molecular weight is 288 g/mol. The Kier molecular flexibility index (Phi) is 5.99. The van der Waals surface area contributed by atoms with Gasteiger partial charge in [-0.3, -0.25) is 0 Å². The molecule has 0 aromatic heterocycles. The van der Waals surface area contributed by atoms with Gasteiger partial charge in [-0.1, -0.05) is 41.8 Å². The summed E-state index contributed by atoms with van der Waals surface area (Å²) in [7, 11) is 2.04. The fourth-order valence-electron chi connectivity index (χ4n) is 1.65. The molecular weight excluding hydrogens is 269 g/mol. The van der Waals surface area contributed by atoms with Gasteiger partial charge in [0.1, 0.15) is 5.82 Å². The molecule has 0 amide bonds. The smallest absolute Gasteiger partial charge is 0.128 e. The van der Waals surface area contributed by atoms with Gasteiger partial charge in [0.05, 0.1) is 0 Å². The van der Waals surface area contributed by atoms with Gasteiger partial charge in [0.15, 0.2) is 0 Å². The van der Waals surface area contributed by atoms with Crippen molar-refractivity contribution in [1.82, 2.24) is 4.90 Å². The van der Waals surface area contributed by atoms with Crippen molar-refractivity contribution in [3.05, 3.63) is 34.1 Å². The first-order valence-electron chi connectivity index (χ1n) is 5.76. The van der Waals surface area contributed by atoms with Crippen LogP contribution in [-0.2, 0) is 6.54 Å². The highest BCUT2D eigenvalue weighted by Crippen LogP contribution is 2.16. The lowest BCUT2D eigenvalue weighted by Gasteiger charge is -2.16. The molecule has 0 unspecified atom stereocenters. The van der Waals surface area contributed by atoms with Gasteiger partial charge in [0.25, 0.3) is 0 Å². The van der Waals surface area contributed by atoms with Crippen molar-refractivity contribution in [2.24, 2.45) is 0 Å². The SMILES string of the molecule is CCCCCN(C)Cc1ccc(Br)cc1F. The predicted molar refractivity (Wildman–Crippen MR) is 70.0 cm³/mol. The second-order valence-corrected chi connectivity index (χ2v) is 5.10. The monoisotopic (exact) mass is 287 g/mol. The third-order valence-corrected chi connectivity index (χ3v) is 3.09. The van der Waals surface area contributed by atoms with Crippen molar-refractivity contribution in [3.63, 3.8) is 0 Å². The van der Waals surface area contributed by atoms with E-state index in [-0.39, 0.29) is 5.82 Å². The zero-order valence-electron chi connectivity index (χ0n) is 9.97. The average Bonchev–Trinajstić information content (AvgIpc) is 2.23. The number of benzene rings is 1.